The molecule has 0 saturated carbocycles. The number of nitrogens with one attached hydrogen (secondary N) is 1. The molecule has 1 aromatic rings. The summed E-state index contributed by atoms with van der Waals surface area (Å²) in [5.41, 5.74) is 0.852. The number of para-hydroxylation sites is 2. The number of hydrogen-bond acceptors (Lipinski definition) is 5. The van der Waals surface area contributed by atoms with Crippen molar-refractivity contribution < 1.29 is 19.0 Å². The van der Waals surface area contributed by atoms with Crippen LogP contribution in [0.5, 0.6) is 5.75 Å². The summed E-state index contributed by atoms with van der Waals surface area (Å²) < 4.78 is 17.3. The number of fused-ring (bicyclic) bond motifs is 1. The maximum atomic E-state index is 12.3. The van der Waals surface area contributed by atoms with Gasteiger partial charge >= 0.3 is 0 Å². The summed E-state index contributed by atoms with van der Waals surface area (Å²) in [7, 11) is 0. The topological polar surface area (TPSA) is 75.6 Å². The van der Waals surface area contributed by atoms with Gasteiger partial charge in [0.2, 0.25) is 0 Å². The number of nitrogens with zero attached hydrogens (tertiary/aromatic N) is 3. The fraction of sp³-hybridized carbons (Fsp3) is 0.667. The number of carbonyl (C=O) groups is 1. The number of aliphatic imine (C=N–C) groups is 1. The minimum Gasteiger partial charge on any atom is -0.482 e. The van der Waals surface area contributed by atoms with Crippen LogP contribution in [0.25, 0.3) is 0 Å². The van der Waals surface area contributed by atoms with Gasteiger partial charge in [-0.15, -0.1) is 0 Å². The van der Waals surface area contributed by atoms with E-state index in [0.717, 1.165) is 82.3 Å². The molecule has 3 aliphatic rings. The van der Waals surface area contributed by atoms with Gasteiger partial charge in [-0.05, 0) is 51.2 Å². The SMILES string of the molecule is CCNC(=NCCCN1C(=O)COc2ccccc21)N1CCC(OCC2CCCO2)CC1. The summed E-state index contributed by atoms with van der Waals surface area (Å²) in [4.78, 5) is 21.3. The largest absolute Gasteiger partial charge is 0.482 e. The molecular weight excluding hydrogens is 408 g/mol. The van der Waals surface area contributed by atoms with Gasteiger partial charge in [-0.3, -0.25) is 9.79 Å². The average molecular weight is 445 g/mol. The Hall–Kier alpha value is -2.32. The highest BCUT2D eigenvalue weighted by Crippen LogP contribution is 2.31. The van der Waals surface area contributed by atoms with Gasteiger partial charge in [-0.25, -0.2) is 0 Å². The molecule has 0 radical (unpaired) electrons. The van der Waals surface area contributed by atoms with Crippen LogP contribution in [-0.2, 0) is 14.3 Å². The number of likely N-dealkylation sites (tertiary alicyclic amines) is 1. The lowest BCUT2D eigenvalue weighted by Gasteiger charge is -2.34. The lowest BCUT2D eigenvalue weighted by atomic mass is 10.1. The third-order valence-electron chi connectivity index (χ3n) is 6.23. The fourth-order valence-electron chi connectivity index (χ4n) is 4.49. The summed E-state index contributed by atoms with van der Waals surface area (Å²) in [6.07, 6.45) is 5.70. The first-order valence-corrected chi connectivity index (χ1v) is 12.0. The van der Waals surface area contributed by atoms with Crippen LogP contribution in [0.1, 0.15) is 39.0 Å². The first-order valence-electron chi connectivity index (χ1n) is 12.0. The molecule has 3 heterocycles. The Balaban J connectivity index is 1.23. The normalized spacial score (nSPS) is 22.1. The standard InChI is InChI=1S/C24H36N4O4/c1-2-25-24(27-14-10-19(11-15-27)31-17-20-7-5-16-30-20)26-12-6-13-28-21-8-3-4-9-22(21)32-18-23(28)29/h3-4,8-9,19-20H,2,5-7,10-18H2,1H3,(H,25,26). The van der Waals surface area contributed by atoms with Crippen molar-refractivity contribution in [1.29, 1.82) is 0 Å². The second-order valence-corrected chi connectivity index (χ2v) is 8.55. The van der Waals surface area contributed by atoms with Crippen molar-refractivity contribution in [2.45, 2.75) is 51.2 Å². The van der Waals surface area contributed by atoms with Gasteiger partial charge in [0, 0.05) is 39.3 Å². The number of benzene rings is 1. The zero-order valence-corrected chi connectivity index (χ0v) is 19.1. The summed E-state index contributed by atoms with van der Waals surface area (Å²) in [5, 5.41) is 3.42. The monoisotopic (exact) mass is 444 g/mol. The molecule has 32 heavy (non-hydrogen) atoms. The van der Waals surface area contributed by atoms with Crippen molar-refractivity contribution in [3.05, 3.63) is 24.3 Å². The summed E-state index contributed by atoms with van der Waals surface area (Å²) in [6, 6.07) is 7.70. The lowest BCUT2D eigenvalue weighted by molar-refractivity contribution is -0.121. The first-order chi connectivity index (χ1) is 15.7. The van der Waals surface area contributed by atoms with E-state index in [4.69, 9.17) is 19.2 Å². The highest BCUT2D eigenvalue weighted by molar-refractivity contribution is 5.97. The van der Waals surface area contributed by atoms with Gasteiger partial charge in [0.15, 0.2) is 12.6 Å². The van der Waals surface area contributed by atoms with Crippen LogP contribution in [0.3, 0.4) is 0 Å². The molecule has 176 valence electrons. The molecule has 0 spiro atoms. The number of rotatable bonds is 8. The van der Waals surface area contributed by atoms with Crippen LogP contribution in [0.2, 0.25) is 0 Å². The second kappa shape index (κ2) is 11.5. The molecule has 1 amide bonds. The van der Waals surface area contributed by atoms with Crippen molar-refractivity contribution in [2.75, 3.05) is 57.4 Å². The Kier molecular flexibility index (Phi) is 8.23. The van der Waals surface area contributed by atoms with Crippen LogP contribution in [0.15, 0.2) is 29.3 Å². The van der Waals surface area contributed by atoms with Gasteiger partial charge < -0.3 is 29.3 Å². The van der Waals surface area contributed by atoms with Crippen LogP contribution in [0.4, 0.5) is 5.69 Å². The quantitative estimate of drug-likeness (QED) is 0.377. The van der Waals surface area contributed by atoms with E-state index >= 15 is 0 Å². The third-order valence-corrected chi connectivity index (χ3v) is 6.23. The molecule has 2 saturated heterocycles. The van der Waals surface area contributed by atoms with Gasteiger partial charge in [0.25, 0.3) is 5.91 Å². The molecule has 0 aliphatic carbocycles. The Bertz CT molecular complexity index is 773. The molecular formula is C24H36N4O4. The van der Waals surface area contributed by atoms with Crippen molar-refractivity contribution in [1.82, 2.24) is 10.2 Å². The highest BCUT2D eigenvalue weighted by atomic mass is 16.5. The Morgan fingerprint density at radius 2 is 2.09 bits per heavy atom. The summed E-state index contributed by atoms with van der Waals surface area (Å²) in [5.74, 6) is 1.73. The number of piperidine rings is 1. The van der Waals surface area contributed by atoms with Gasteiger partial charge in [0.05, 0.1) is 24.5 Å². The molecule has 2 fully saturated rings. The molecule has 4 rings (SSSR count). The molecule has 0 aromatic heterocycles. The number of amides is 1. The van der Waals surface area contributed by atoms with Gasteiger partial charge in [-0.1, -0.05) is 12.1 Å². The highest BCUT2D eigenvalue weighted by Gasteiger charge is 2.26. The van der Waals surface area contributed by atoms with Crippen LogP contribution >= 0.6 is 0 Å². The van der Waals surface area contributed by atoms with Crippen molar-refractivity contribution in [2.24, 2.45) is 4.99 Å². The van der Waals surface area contributed by atoms with E-state index in [2.05, 4.69) is 17.1 Å². The molecule has 1 unspecified atom stereocenters. The Morgan fingerprint density at radius 1 is 1.25 bits per heavy atom. The van der Waals surface area contributed by atoms with E-state index in [1.165, 1.54) is 0 Å². The molecule has 8 heteroatoms. The van der Waals surface area contributed by atoms with E-state index in [0.29, 0.717) is 19.2 Å². The number of ether oxygens (including phenoxy) is 3. The van der Waals surface area contributed by atoms with E-state index in [1.54, 1.807) is 0 Å². The second-order valence-electron chi connectivity index (χ2n) is 8.55. The Labute approximate surface area is 190 Å². The zero-order valence-electron chi connectivity index (χ0n) is 19.1. The first kappa shape index (κ1) is 22.9. The molecule has 1 N–H and O–H groups in total. The maximum absolute atomic E-state index is 12.3. The fourth-order valence-corrected chi connectivity index (χ4v) is 4.49. The molecule has 0 bridgehead atoms. The summed E-state index contributed by atoms with van der Waals surface area (Å²) >= 11 is 0. The number of carbonyl (C=O) groups excluding carboxylic acids is 1. The predicted octanol–water partition coefficient (Wildman–Crippen LogP) is 2.43. The van der Waals surface area contributed by atoms with Crippen molar-refractivity contribution in [3.63, 3.8) is 0 Å². The van der Waals surface area contributed by atoms with E-state index in [1.807, 2.05) is 29.2 Å². The molecule has 1 atom stereocenters. The maximum Gasteiger partial charge on any atom is 0.265 e. The number of anilines is 1. The number of hydrogen-bond donors (Lipinski definition) is 1. The smallest absolute Gasteiger partial charge is 0.265 e. The van der Waals surface area contributed by atoms with E-state index in [-0.39, 0.29) is 18.6 Å². The number of guanidine groups is 1. The minimum absolute atomic E-state index is 0.00432. The predicted molar refractivity (Wildman–Crippen MR) is 124 cm³/mol. The third kappa shape index (κ3) is 5.92. The van der Waals surface area contributed by atoms with Gasteiger partial charge in [0.1, 0.15) is 5.75 Å². The zero-order chi connectivity index (χ0) is 22.2. The molecule has 8 nitrogen and oxygen atoms in total. The van der Waals surface area contributed by atoms with Crippen LogP contribution < -0.4 is 15.0 Å². The van der Waals surface area contributed by atoms with E-state index < -0.39 is 0 Å². The lowest BCUT2D eigenvalue weighted by Crippen LogP contribution is -2.47. The van der Waals surface area contributed by atoms with Gasteiger partial charge in [-0.2, -0.15) is 0 Å². The molecule has 1 aromatic carbocycles. The average Bonchev–Trinajstić information content (AvgIpc) is 3.35. The van der Waals surface area contributed by atoms with Crippen molar-refractivity contribution in [3.8, 4) is 5.75 Å². The van der Waals surface area contributed by atoms with Crippen LogP contribution in [0, 0.1) is 0 Å². The van der Waals surface area contributed by atoms with Crippen LogP contribution in [-0.4, -0.2) is 81.5 Å². The van der Waals surface area contributed by atoms with Crippen molar-refractivity contribution >= 4 is 17.6 Å². The molecule has 3 aliphatic heterocycles. The Morgan fingerprint density at radius 3 is 2.88 bits per heavy atom. The summed E-state index contributed by atoms with van der Waals surface area (Å²) in [6.45, 7) is 7.83. The van der Waals surface area contributed by atoms with E-state index in [9.17, 15) is 4.79 Å². The minimum atomic E-state index is 0.00432.